The number of nitrogens with zero attached hydrogens (tertiary/aromatic N) is 6. The zero-order chi connectivity index (χ0) is 20.5. The normalized spacial score (nSPS) is 20.0. The van der Waals surface area contributed by atoms with Gasteiger partial charge in [0.1, 0.15) is 5.82 Å². The molecular formula is C22H40IN7. The molecule has 0 bridgehead atoms. The number of aliphatic imine (C=N–C) groups is 1. The van der Waals surface area contributed by atoms with Gasteiger partial charge in [0.05, 0.1) is 0 Å². The maximum Gasteiger partial charge on any atom is 0.194 e. The summed E-state index contributed by atoms with van der Waals surface area (Å²) >= 11 is 0. The molecule has 170 valence electrons. The molecule has 3 rings (SSSR count). The number of guanidine groups is 1. The first-order valence-electron chi connectivity index (χ1n) is 11.3. The van der Waals surface area contributed by atoms with E-state index >= 15 is 0 Å². The maximum absolute atomic E-state index is 4.99. The van der Waals surface area contributed by atoms with Gasteiger partial charge in [-0.25, -0.2) is 4.98 Å². The van der Waals surface area contributed by atoms with Gasteiger partial charge >= 0.3 is 0 Å². The average molecular weight is 530 g/mol. The summed E-state index contributed by atoms with van der Waals surface area (Å²) in [5.74, 6) is 2.72. The topological polar surface area (TPSA) is 50.2 Å². The van der Waals surface area contributed by atoms with E-state index < -0.39 is 0 Å². The molecule has 2 saturated heterocycles. The summed E-state index contributed by atoms with van der Waals surface area (Å²) < 4.78 is 0. The summed E-state index contributed by atoms with van der Waals surface area (Å²) in [7, 11) is 0. The largest absolute Gasteiger partial charge is 0.357 e. The van der Waals surface area contributed by atoms with Gasteiger partial charge in [-0.1, -0.05) is 19.9 Å². The van der Waals surface area contributed by atoms with E-state index in [1.165, 1.54) is 32.7 Å². The molecular weight excluding hydrogens is 489 g/mol. The van der Waals surface area contributed by atoms with Gasteiger partial charge in [0.2, 0.25) is 0 Å². The fourth-order valence-corrected chi connectivity index (χ4v) is 4.14. The average Bonchev–Trinajstić information content (AvgIpc) is 2.78. The minimum Gasteiger partial charge on any atom is -0.357 e. The van der Waals surface area contributed by atoms with Gasteiger partial charge in [-0.15, -0.1) is 24.0 Å². The quantitative estimate of drug-likeness (QED) is 0.332. The zero-order valence-electron chi connectivity index (χ0n) is 19.0. The highest BCUT2D eigenvalue weighted by Gasteiger charge is 2.21. The lowest BCUT2D eigenvalue weighted by Gasteiger charge is -2.37. The number of hydrogen-bond acceptors (Lipinski definition) is 5. The molecule has 0 aromatic carbocycles. The summed E-state index contributed by atoms with van der Waals surface area (Å²) in [4.78, 5) is 19.4. The van der Waals surface area contributed by atoms with Crippen molar-refractivity contribution in [3.05, 3.63) is 24.4 Å². The Morgan fingerprint density at radius 3 is 2.33 bits per heavy atom. The Balaban J connectivity index is 0.00000320. The van der Waals surface area contributed by atoms with E-state index in [9.17, 15) is 0 Å². The fourth-order valence-electron chi connectivity index (χ4n) is 4.14. The highest BCUT2D eigenvalue weighted by atomic mass is 127. The SMILES string of the molecule is CCNC(=NCC(C)CN1CCN(CC)CC1)N1CCN(c2ccccn2)CC1.I. The number of likely N-dealkylation sites (N-methyl/N-ethyl adjacent to an activating group) is 1. The Kier molecular flexibility index (Phi) is 11.2. The first-order chi connectivity index (χ1) is 14.2. The number of aromatic nitrogens is 1. The second-order valence-corrected chi connectivity index (χ2v) is 8.20. The van der Waals surface area contributed by atoms with E-state index in [4.69, 9.17) is 4.99 Å². The van der Waals surface area contributed by atoms with Crippen molar-refractivity contribution in [2.45, 2.75) is 20.8 Å². The van der Waals surface area contributed by atoms with Crippen LogP contribution in [-0.4, -0.2) is 104 Å². The molecule has 7 nitrogen and oxygen atoms in total. The zero-order valence-corrected chi connectivity index (χ0v) is 21.3. The van der Waals surface area contributed by atoms with Crippen molar-refractivity contribution in [3.8, 4) is 0 Å². The molecule has 3 heterocycles. The predicted octanol–water partition coefficient (Wildman–Crippen LogP) is 2.06. The summed E-state index contributed by atoms with van der Waals surface area (Å²) in [6, 6.07) is 6.13. The molecule has 0 radical (unpaired) electrons. The fraction of sp³-hybridized carbons (Fsp3) is 0.727. The molecule has 0 spiro atoms. The van der Waals surface area contributed by atoms with Gasteiger partial charge in [0, 0.05) is 78.2 Å². The molecule has 2 aliphatic heterocycles. The lowest BCUT2D eigenvalue weighted by Crippen LogP contribution is -2.53. The van der Waals surface area contributed by atoms with Gasteiger partial charge < -0.3 is 24.9 Å². The van der Waals surface area contributed by atoms with Crippen LogP contribution in [0.1, 0.15) is 20.8 Å². The van der Waals surface area contributed by atoms with Gasteiger partial charge in [0.25, 0.3) is 0 Å². The van der Waals surface area contributed by atoms with Crippen molar-refractivity contribution in [1.29, 1.82) is 0 Å². The summed E-state index contributed by atoms with van der Waals surface area (Å²) in [5, 5.41) is 3.50. The summed E-state index contributed by atoms with van der Waals surface area (Å²) in [6.45, 7) is 19.6. The van der Waals surface area contributed by atoms with Crippen LogP contribution in [-0.2, 0) is 0 Å². The highest BCUT2D eigenvalue weighted by Crippen LogP contribution is 2.13. The Labute approximate surface area is 199 Å². The second kappa shape index (κ2) is 13.3. The Bertz CT molecular complexity index is 611. The van der Waals surface area contributed by atoms with Crippen LogP contribution in [0.15, 0.2) is 29.4 Å². The van der Waals surface area contributed by atoms with Crippen molar-refractivity contribution < 1.29 is 0 Å². The van der Waals surface area contributed by atoms with Crippen LogP contribution in [0.4, 0.5) is 5.82 Å². The van der Waals surface area contributed by atoms with E-state index in [-0.39, 0.29) is 24.0 Å². The third-order valence-corrected chi connectivity index (χ3v) is 5.92. The summed E-state index contributed by atoms with van der Waals surface area (Å²) in [6.07, 6.45) is 1.87. The van der Waals surface area contributed by atoms with Crippen LogP contribution in [0.25, 0.3) is 0 Å². The van der Waals surface area contributed by atoms with Crippen LogP contribution >= 0.6 is 24.0 Å². The molecule has 0 saturated carbocycles. The Hall–Kier alpha value is -1.13. The molecule has 1 unspecified atom stereocenters. The van der Waals surface area contributed by atoms with Gasteiger partial charge in [0.15, 0.2) is 5.96 Å². The third-order valence-electron chi connectivity index (χ3n) is 5.92. The monoisotopic (exact) mass is 529 g/mol. The maximum atomic E-state index is 4.99. The molecule has 2 aliphatic rings. The molecule has 8 heteroatoms. The molecule has 1 atom stereocenters. The molecule has 1 aromatic heterocycles. The minimum absolute atomic E-state index is 0. The standard InChI is InChI=1S/C22H39N7.HI/c1-4-23-22(25-18-20(3)19-27-12-10-26(5-2)11-13-27)29-16-14-28(15-17-29)21-8-6-7-9-24-21;/h6-9,20H,4-5,10-19H2,1-3H3,(H,23,25);1H. The third kappa shape index (κ3) is 7.53. The van der Waals surface area contributed by atoms with Gasteiger partial charge in [-0.3, -0.25) is 4.99 Å². The number of pyridine rings is 1. The lowest BCUT2D eigenvalue weighted by atomic mass is 10.1. The van der Waals surface area contributed by atoms with Gasteiger partial charge in [-0.05, 0) is 31.5 Å². The summed E-state index contributed by atoms with van der Waals surface area (Å²) in [5.41, 5.74) is 0. The number of hydrogen-bond donors (Lipinski definition) is 1. The number of rotatable bonds is 7. The highest BCUT2D eigenvalue weighted by molar-refractivity contribution is 14.0. The van der Waals surface area contributed by atoms with Crippen LogP contribution < -0.4 is 10.2 Å². The lowest BCUT2D eigenvalue weighted by molar-refractivity contribution is 0.125. The Morgan fingerprint density at radius 1 is 1.03 bits per heavy atom. The molecule has 1 N–H and O–H groups in total. The molecule has 0 amide bonds. The van der Waals surface area contributed by atoms with E-state index in [1.54, 1.807) is 0 Å². The van der Waals surface area contributed by atoms with Gasteiger partial charge in [-0.2, -0.15) is 0 Å². The van der Waals surface area contributed by atoms with E-state index in [1.807, 2.05) is 12.3 Å². The number of nitrogens with one attached hydrogen (secondary N) is 1. The van der Waals surface area contributed by atoms with Crippen molar-refractivity contribution in [3.63, 3.8) is 0 Å². The number of anilines is 1. The molecule has 2 fully saturated rings. The Morgan fingerprint density at radius 2 is 1.73 bits per heavy atom. The van der Waals surface area contributed by atoms with Crippen LogP contribution in [0.2, 0.25) is 0 Å². The smallest absolute Gasteiger partial charge is 0.194 e. The molecule has 30 heavy (non-hydrogen) atoms. The minimum atomic E-state index is 0. The van der Waals surface area contributed by atoms with Crippen molar-refractivity contribution in [1.82, 2.24) is 25.0 Å². The van der Waals surface area contributed by atoms with E-state index in [0.717, 1.165) is 57.6 Å². The van der Waals surface area contributed by atoms with E-state index in [0.29, 0.717) is 5.92 Å². The molecule has 1 aromatic rings. The van der Waals surface area contributed by atoms with E-state index in [2.05, 4.69) is 62.8 Å². The van der Waals surface area contributed by atoms with Crippen molar-refractivity contribution in [2.75, 3.05) is 83.4 Å². The van der Waals surface area contributed by atoms with Crippen LogP contribution in [0.5, 0.6) is 0 Å². The number of piperazine rings is 2. The van der Waals surface area contributed by atoms with Crippen molar-refractivity contribution in [2.24, 2.45) is 10.9 Å². The van der Waals surface area contributed by atoms with Crippen molar-refractivity contribution >= 4 is 35.8 Å². The number of halogens is 1. The first-order valence-corrected chi connectivity index (χ1v) is 11.3. The van der Waals surface area contributed by atoms with Crippen LogP contribution in [0, 0.1) is 5.92 Å². The van der Waals surface area contributed by atoms with Crippen LogP contribution in [0.3, 0.4) is 0 Å². The molecule has 0 aliphatic carbocycles. The first kappa shape index (κ1) is 25.1. The second-order valence-electron chi connectivity index (χ2n) is 8.20. The predicted molar refractivity (Wildman–Crippen MR) is 137 cm³/mol.